The molecule has 2 unspecified atom stereocenters. The van der Waals surface area contributed by atoms with Crippen LogP contribution in [0.4, 0.5) is 0 Å². The van der Waals surface area contributed by atoms with Gasteiger partial charge in [-0.05, 0) is 30.4 Å². The predicted octanol–water partition coefficient (Wildman–Crippen LogP) is 2.80. The first-order chi connectivity index (χ1) is 14.1. The van der Waals surface area contributed by atoms with Crippen molar-refractivity contribution in [1.29, 1.82) is 0 Å². The molecule has 2 aromatic rings. The van der Waals surface area contributed by atoms with Gasteiger partial charge < -0.3 is 15.3 Å². The van der Waals surface area contributed by atoms with E-state index in [2.05, 4.69) is 5.32 Å². The molecule has 1 fully saturated rings. The molecule has 0 saturated carbocycles. The van der Waals surface area contributed by atoms with E-state index in [1.54, 1.807) is 4.90 Å². The number of carbonyl (C=O) groups is 3. The molecule has 1 aliphatic rings. The predicted molar refractivity (Wildman–Crippen MR) is 109 cm³/mol. The maximum Gasteiger partial charge on any atom is 0.308 e. The average molecular weight is 394 g/mol. The van der Waals surface area contributed by atoms with Gasteiger partial charge >= 0.3 is 5.97 Å². The Labute approximate surface area is 170 Å². The van der Waals surface area contributed by atoms with Crippen LogP contribution in [-0.4, -0.2) is 40.9 Å². The molecule has 0 radical (unpaired) electrons. The zero-order valence-corrected chi connectivity index (χ0v) is 16.3. The first-order valence-corrected chi connectivity index (χ1v) is 9.95. The molecule has 2 amide bonds. The molecule has 3 rings (SSSR count). The van der Waals surface area contributed by atoms with Crippen molar-refractivity contribution in [2.45, 2.75) is 31.7 Å². The highest BCUT2D eigenvalue weighted by Crippen LogP contribution is 2.26. The van der Waals surface area contributed by atoms with Crippen LogP contribution in [-0.2, 0) is 20.8 Å². The topological polar surface area (TPSA) is 86.7 Å². The van der Waals surface area contributed by atoms with E-state index in [0.717, 1.165) is 24.0 Å². The molecule has 1 heterocycles. The Morgan fingerprint density at radius 2 is 1.66 bits per heavy atom. The fourth-order valence-electron chi connectivity index (χ4n) is 3.67. The lowest BCUT2D eigenvalue weighted by Gasteiger charge is -2.34. The normalized spacial score (nSPS) is 16.1. The van der Waals surface area contributed by atoms with Gasteiger partial charge in [-0.25, -0.2) is 0 Å². The molecule has 6 nitrogen and oxygen atoms in total. The first-order valence-electron chi connectivity index (χ1n) is 9.95. The minimum Gasteiger partial charge on any atom is -0.481 e. The van der Waals surface area contributed by atoms with Crippen molar-refractivity contribution in [2.24, 2.45) is 5.92 Å². The van der Waals surface area contributed by atoms with Crippen molar-refractivity contribution in [3.63, 3.8) is 0 Å². The summed E-state index contributed by atoms with van der Waals surface area (Å²) < 4.78 is 0. The third-order valence-electron chi connectivity index (χ3n) is 5.23. The summed E-state index contributed by atoms with van der Waals surface area (Å²) in [5.41, 5.74) is 1.63. The van der Waals surface area contributed by atoms with E-state index < -0.39 is 17.9 Å². The number of piperidine rings is 1. The number of hydrogen-bond acceptors (Lipinski definition) is 3. The van der Waals surface area contributed by atoms with Crippen LogP contribution in [0.25, 0.3) is 0 Å². The summed E-state index contributed by atoms with van der Waals surface area (Å²) in [6.07, 6.45) is 2.45. The van der Waals surface area contributed by atoms with Crippen LogP contribution in [0.2, 0.25) is 0 Å². The summed E-state index contributed by atoms with van der Waals surface area (Å²) >= 11 is 0. The Morgan fingerprint density at radius 3 is 2.28 bits per heavy atom. The highest BCUT2D eigenvalue weighted by Gasteiger charge is 2.33. The van der Waals surface area contributed by atoms with Crippen LogP contribution in [0.3, 0.4) is 0 Å². The molecule has 6 heteroatoms. The molecule has 0 aliphatic carbocycles. The molecule has 2 atom stereocenters. The number of likely N-dealkylation sites (tertiary alicyclic amines) is 1. The lowest BCUT2D eigenvalue weighted by molar-refractivity contribution is -0.144. The van der Waals surface area contributed by atoms with E-state index in [0.29, 0.717) is 19.4 Å². The van der Waals surface area contributed by atoms with Crippen molar-refractivity contribution in [1.82, 2.24) is 10.2 Å². The second kappa shape index (κ2) is 9.87. The molecular formula is C23H26N2O4. The summed E-state index contributed by atoms with van der Waals surface area (Å²) in [6.45, 7) is 0.534. The van der Waals surface area contributed by atoms with Gasteiger partial charge in [0.15, 0.2) is 0 Å². The number of nitrogens with zero attached hydrogens (tertiary/aromatic N) is 1. The number of amides is 2. The Hall–Kier alpha value is -3.15. The monoisotopic (exact) mass is 394 g/mol. The van der Waals surface area contributed by atoms with Gasteiger partial charge in [0.25, 0.3) is 0 Å². The zero-order valence-electron chi connectivity index (χ0n) is 16.3. The Bertz CT molecular complexity index is 838. The van der Waals surface area contributed by atoms with Crippen molar-refractivity contribution >= 4 is 17.8 Å². The third kappa shape index (κ3) is 5.44. The highest BCUT2D eigenvalue weighted by atomic mass is 16.4. The van der Waals surface area contributed by atoms with Gasteiger partial charge in [-0.15, -0.1) is 0 Å². The van der Waals surface area contributed by atoms with Crippen LogP contribution in [0, 0.1) is 5.92 Å². The quantitative estimate of drug-likeness (QED) is 0.721. The molecule has 29 heavy (non-hydrogen) atoms. The summed E-state index contributed by atoms with van der Waals surface area (Å²) in [5, 5.41) is 12.4. The number of carboxylic acid groups (broad SMARTS) is 1. The lowest BCUT2D eigenvalue weighted by atomic mass is 9.98. The summed E-state index contributed by atoms with van der Waals surface area (Å²) in [6, 6.07) is 17.8. The molecule has 1 aliphatic heterocycles. The summed E-state index contributed by atoms with van der Waals surface area (Å²) in [4.78, 5) is 38.8. The van der Waals surface area contributed by atoms with Gasteiger partial charge in [0, 0.05) is 19.5 Å². The van der Waals surface area contributed by atoms with E-state index in [9.17, 15) is 19.5 Å². The molecule has 2 aromatic carbocycles. The first kappa shape index (κ1) is 20.6. The van der Waals surface area contributed by atoms with E-state index in [4.69, 9.17) is 0 Å². The highest BCUT2D eigenvalue weighted by molar-refractivity contribution is 5.89. The molecular weight excluding hydrogens is 368 g/mol. The van der Waals surface area contributed by atoms with Crippen LogP contribution >= 0.6 is 0 Å². The van der Waals surface area contributed by atoms with Gasteiger partial charge in [0.05, 0.1) is 5.92 Å². The second-order valence-corrected chi connectivity index (χ2v) is 7.33. The number of carbonyl (C=O) groups excluding carboxylic acids is 2. The molecule has 152 valence electrons. The molecule has 0 bridgehead atoms. The number of aliphatic carboxylic acids is 1. The van der Waals surface area contributed by atoms with Crippen LogP contribution < -0.4 is 5.32 Å². The Balaban J connectivity index is 1.73. The van der Waals surface area contributed by atoms with Crippen LogP contribution in [0.1, 0.15) is 36.4 Å². The number of benzene rings is 2. The van der Waals surface area contributed by atoms with Gasteiger partial charge in [0.2, 0.25) is 11.8 Å². The smallest absolute Gasteiger partial charge is 0.308 e. The summed E-state index contributed by atoms with van der Waals surface area (Å²) in [7, 11) is 0. The maximum atomic E-state index is 13.1. The SMILES string of the molecule is O=C(O)C(CNC(=O)C(c1ccccc1)N1CCCCC1=O)Cc1ccccc1. The number of rotatable bonds is 8. The number of hydrogen-bond donors (Lipinski definition) is 2. The fourth-order valence-corrected chi connectivity index (χ4v) is 3.67. The number of nitrogens with one attached hydrogen (secondary N) is 1. The van der Waals surface area contributed by atoms with E-state index in [-0.39, 0.29) is 18.4 Å². The maximum absolute atomic E-state index is 13.1. The molecule has 0 spiro atoms. The minimum atomic E-state index is -0.959. The number of carboxylic acids is 1. The van der Waals surface area contributed by atoms with Gasteiger partial charge in [-0.1, -0.05) is 60.7 Å². The Kier molecular flexibility index (Phi) is 7.00. The molecule has 2 N–H and O–H groups in total. The minimum absolute atomic E-state index is 0.00836. The Morgan fingerprint density at radius 1 is 1.00 bits per heavy atom. The third-order valence-corrected chi connectivity index (χ3v) is 5.23. The van der Waals surface area contributed by atoms with Crippen molar-refractivity contribution in [2.75, 3.05) is 13.1 Å². The van der Waals surface area contributed by atoms with Crippen molar-refractivity contribution < 1.29 is 19.5 Å². The van der Waals surface area contributed by atoms with Gasteiger partial charge in [0.1, 0.15) is 6.04 Å². The molecule has 0 aromatic heterocycles. The van der Waals surface area contributed by atoms with E-state index >= 15 is 0 Å². The van der Waals surface area contributed by atoms with Crippen molar-refractivity contribution in [3.05, 3.63) is 71.8 Å². The van der Waals surface area contributed by atoms with E-state index in [1.165, 1.54) is 0 Å². The van der Waals surface area contributed by atoms with Crippen LogP contribution in [0.5, 0.6) is 0 Å². The zero-order chi connectivity index (χ0) is 20.6. The fraction of sp³-hybridized carbons (Fsp3) is 0.348. The lowest BCUT2D eigenvalue weighted by Crippen LogP contribution is -2.47. The largest absolute Gasteiger partial charge is 0.481 e. The molecule has 1 saturated heterocycles. The summed E-state index contributed by atoms with van der Waals surface area (Å²) in [5.74, 6) is -2.08. The standard InChI is InChI=1S/C23H26N2O4/c26-20-13-7-8-14-25(20)21(18-11-5-2-6-12-18)22(27)24-16-19(23(28)29)15-17-9-3-1-4-10-17/h1-6,9-12,19,21H,7-8,13-16H2,(H,24,27)(H,28,29). The van der Waals surface area contributed by atoms with Crippen LogP contribution in [0.15, 0.2) is 60.7 Å². The second-order valence-electron chi connectivity index (χ2n) is 7.33. The van der Waals surface area contributed by atoms with Gasteiger partial charge in [-0.3, -0.25) is 14.4 Å². The average Bonchev–Trinajstić information content (AvgIpc) is 2.74. The van der Waals surface area contributed by atoms with Crippen molar-refractivity contribution in [3.8, 4) is 0 Å². The van der Waals surface area contributed by atoms with E-state index in [1.807, 2.05) is 60.7 Å². The van der Waals surface area contributed by atoms with Gasteiger partial charge in [-0.2, -0.15) is 0 Å².